The first kappa shape index (κ1) is 12.0. The monoisotopic (exact) mass is 236 g/mol. The molecule has 1 saturated heterocycles. The van der Waals surface area contributed by atoms with Crippen molar-refractivity contribution in [2.24, 2.45) is 5.92 Å². The van der Waals surface area contributed by atoms with Gasteiger partial charge >= 0.3 is 0 Å². The first-order chi connectivity index (χ1) is 8.04. The van der Waals surface area contributed by atoms with E-state index in [1.807, 2.05) is 0 Å². The summed E-state index contributed by atoms with van der Waals surface area (Å²) in [4.78, 5) is 2.83. The van der Waals surface area contributed by atoms with Gasteiger partial charge in [-0.2, -0.15) is 0 Å². The van der Waals surface area contributed by atoms with Crippen LogP contribution >= 0.6 is 0 Å². The summed E-state index contributed by atoms with van der Waals surface area (Å²) in [5.41, 5.74) is 0.899. The van der Waals surface area contributed by atoms with Gasteiger partial charge in [0.15, 0.2) is 0 Å². The fraction of sp³-hybridized carbons (Fsp3) is 1.00. The lowest BCUT2D eigenvalue weighted by Crippen LogP contribution is -2.67. The molecule has 0 aromatic rings. The number of hydrogen-bond donors (Lipinski definition) is 1. The maximum atomic E-state index is 3.86. The molecule has 0 aromatic carbocycles. The third-order valence-electron chi connectivity index (χ3n) is 5.65. The third-order valence-corrected chi connectivity index (χ3v) is 5.65. The Hall–Kier alpha value is -0.0800. The van der Waals surface area contributed by atoms with Gasteiger partial charge in [-0.15, -0.1) is 0 Å². The van der Waals surface area contributed by atoms with Crippen molar-refractivity contribution >= 4 is 0 Å². The summed E-state index contributed by atoms with van der Waals surface area (Å²) in [6.07, 6.45) is 8.57. The summed E-state index contributed by atoms with van der Waals surface area (Å²) in [7, 11) is 0. The average Bonchev–Trinajstić information content (AvgIpc) is 3.06. The van der Waals surface area contributed by atoms with E-state index in [1.165, 1.54) is 51.6 Å². The van der Waals surface area contributed by atoms with Crippen LogP contribution in [0.2, 0.25) is 0 Å². The number of nitrogens with zero attached hydrogens (tertiary/aromatic N) is 1. The second kappa shape index (κ2) is 3.96. The highest BCUT2D eigenvalue weighted by Gasteiger charge is 2.49. The van der Waals surface area contributed by atoms with E-state index in [0.29, 0.717) is 17.1 Å². The zero-order valence-corrected chi connectivity index (χ0v) is 11.8. The fourth-order valence-electron chi connectivity index (χ4n) is 4.19. The molecule has 2 aliphatic carbocycles. The van der Waals surface area contributed by atoms with Gasteiger partial charge in [-0.25, -0.2) is 0 Å². The molecule has 3 rings (SSSR count). The number of piperazine rings is 1. The highest BCUT2D eigenvalue weighted by Crippen LogP contribution is 2.45. The van der Waals surface area contributed by atoms with Gasteiger partial charge in [-0.3, -0.25) is 4.90 Å². The first-order valence-corrected chi connectivity index (χ1v) is 7.55. The second-order valence-electron chi connectivity index (χ2n) is 7.27. The van der Waals surface area contributed by atoms with Crippen LogP contribution in [0.3, 0.4) is 0 Å². The van der Waals surface area contributed by atoms with Gasteiger partial charge in [0.25, 0.3) is 0 Å². The van der Waals surface area contributed by atoms with Gasteiger partial charge in [0.05, 0.1) is 0 Å². The minimum absolute atomic E-state index is 0.428. The van der Waals surface area contributed by atoms with Crippen molar-refractivity contribution in [2.75, 3.05) is 13.1 Å². The predicted octanol–water partition coefficient (Wildman–Crippen LogP) is 2.78. The molecule has 1 atom stereocenters. The van der Waals surface area contributed by atoms with Crippen LogP contribution in [0, 0.1) is 5.92 Å². The summed E-state index contributed by atoms with van der Waals surface area (Å²) in [6.45, 7) is 9.84. The molecule has 0 amide bonds. The fourth-order valence-corrected chi connectivity index (χ4v) is 4.19. The molecule has 1 spiro atoms. The Balaban J connectivity index is 1.77. The Bertz CT molecular complexity index is 287. The van der Waals surface area contributed by atoms with E-state index in [-0.39, 0.29) is 0 Å². The van der Waals surface area contributed by atoms with Crippen molar-refractivity contribution in [3.8, 4) is 0 Å². The molecule has 1 heterocycles. The van der Waals surface area contributed by atoms with Crippen LogP contribution in [0.15, 0.2) is 0 Å². The lowest BCUT2D eigenvalue weighted by molar-refractivity contribution is -0.00338. The smallest absolute Gasteiger partial charge is 0.0309 e. The molecular weight excluding hydrogens is 208 g/mol. The Labute approximate surface area is 106 Å². The highest BCUT2D eigenvalue weighted by atomic mass is 15.3. The van der Waals surface area contributed by atoms with E-state index < -0.39 is 0 Å². The van der Waals surface area contributed by atoms with Crippen LogP contribution in [-0.2, 0) is 0 Å². The second-order valence-corrected chi connectivity index (χ2v) is 7.27. The molecule has 1 unspecified atom stereocenters. The van der Waals surface area contributed by atoms with Crippen LogP contribution in [0.5, 0.6) is 0 Å². The molecule has 1 N–H and O–H groups in total. The number of nitrogens with one attached hydrogen (secondary N) is 1. The summed E-state index contributed by atoms with van der Waals surface area (Å²) >= 11 is 0. The molecule has 2 saturated carbocycles. The summed E-state index contributed by atoms with van der Waals surface area (Å²) in [5.74, 6) is 0.960. The SMILES string of the molecule is CC1CNC2(CCCC2)CN1C(C)(C)C1CC1. The molecule has 17 heavy (non-hydrogen) atoms. The van der Waals surface area contributed by atoms with E-state index in [9.17, 15) is 0 Å². The van der Waals surface area contributed by atoms with Crippen molar-refractivity contribution in [3.05, 3.63) is 0 Å². The van der Waals surface area contributed by atoms with Crippen LogP contribution in [0.4, 0.5) is 0 Å². The van der Waals surface area contributed by atoms with E-state index >= 15 is 0 Å². The van der Waals surface area contributed by atoms with Gasteiger partial charge in [0.1, 0.15) is 0 Å². The van der Waals surface area contributed by atoms with Gasteiger partial charge < -0.3 is 5.32 Å². The van der Waals surface area contributed by atoms with Crippen molar-refractivity contribution in [2.45, 2.75) is 76.4 Å². The summed E-state index contributed by atoms with van der Waals surface area (Å²) in [6, 6.07) is 0.705. The van der Waals surface area contributed by atoms with E-state index in [2.05, 4.69) is 31.0 Å². The average molecular weight is 236 g/mol. The van der Waals surface area contributed by atoms with Crippen molar-refractivity contribution in [1.29, 1.82) is 0 Å². The van der Waals surface area contributed by atoms with Crippen LogP contribution in [0.25, 0.3) is 0 Å². The number of rotatable bonds is 2. The molecule has 2 heteroatoms. The zero-order valence-electron chi connectivity index (χ0n) is 11.8. The zero-order chi connectivity index (χ0) is 12.1. The van der Waals surface area contributed by atoms with Crippen LogP contribution in [-0.4, -0.2) is 35.1 Å². The molecule has 0 bridgehead atoms. The van der Waals surface area contributed by atoms with Crippen LogP contribution < -0.4 is 5.32 Å². The predicted molar refractivity (Wildman–Crippen MR) is 72.2 cm³/mol. The van der Waals surface area contributed by atoms with Crippen LogP contribution in [0.1, 0.15) is 59.3 Å². The quantitative estimate of drug-likeness (QED) is 0.793. The molecule has 2 nitrogen and oxygen atoms in total. The van der Waals surface area contributed by atoms with Crippen molar-refractivity contribution in [3.63, 3.8) is 0 Å². The molecule has 98 valence electrons. The van der Waals surface area contributed by atoms with Crippen molar-refractivity contribution < 1.29 is 0 Å². The van der Waals surface area contributed by atoms with E-state index in [0.717, 1.165) is 5.92 Å². The molecular formula is C15H28N2. The minimum Gasteiger partial charge on any atom is -0.308 e. The largest absolute Gasteiger partial charge is 0.308 e. The topological polar surface area (TPSA) is 15.3 Å². The maximum absolute atomic E-state index is 3.86. The third kappa shape index (κ3) is 2.04. The van der Waals surface area contributed by atoms with Crippen molar-refractivity contribution in [1.82, 2.24) is 10.2 Å². The summed E-state index contributed by atoms with van der Waals surface area (Å²) < 4.78 is 0. The van der Waals surface area contributed by atoms with E-state index in [4.69, 9.17) is 0 Å². The highest BCUT2D eigenvalue weighted by molar-refractivity contribution is 5.06. The lowest BCUT2D eigenvalue weighted by Gasteiger charge is -2.52. The Morgan fingerprint density at radius 3 is 2.41 bits per heavy atom. The molecule has 1 aliphatic heterocycles. The Kier molecular flexibility index (Phi) is 2.79. The molecule has 3 aliphatic rings. The maximum Gasteiger partial charge on any atom is 0.0309 e. The standard InChI is InChI=1S/C15H28N2/c1-12-10-16-15(8-4-5-9-15)11-17(12)14(2,3)13-6-7-13/h12-13,16H,4-11H2,1-3H3. The summed E-state index contributed by atoms with van der Waals surface area (Å²) in [5, 5.41) is 3.86. The first-order valence-electron chi connectivity index (χ1n) is 7.55. The van der Waals surface area contributed by atoms with E-state index in [1.54, 1.807) is 0 Å². The minimum atomic E-state index is 0.428. The van der Waals surface area contributed by atoms with Gasteiger partial charge in [0, 0.05) is 30.2 Å². The Morgan fingerprint density at radius 1 is 1.18 bits per heavy atom. The van der Waals surface area contributed by atoms with Gasteiger partial charge in [0.2, 0.25) is 0 Å². The normalized spacial score (nSPS) is 34.4. The lowest BCUT2D eigenvalue weighted by atomic mass is 9.86. The molecule has 3 fully saturated rings. The van der Waals surface area contributed by atoms with Gasteiger partial charge in [-0.1, -0.05) is 12.8 Å². The Morgan fingerprint density at radius 2 is 1.82 bits per heavy atom. The number of hydrogen-bond acceptors (Lipinski definition) is 2. The van der Waals surface area contributed by atoms with Gasteiger partial charge in [-0.05, 0) is 52.4 Å². The molecule has 0 radical (unpaired) electrons. The molecule has 0 aromatic heterocycles.